The van der Waals surface area contributed by atoms with Crippen LogP contribution >= 0.6 is 27.3 Å². The largest absolute Gasteiger partial charge is 0.496 e. The van der Waals surface area contributed by atoms with Gasteiger partial charge in [0.15, 0.2) is 0 Å². The van der Waals surface area contributed by atoms with Gasteiger partial charge in [-0.25, -0.2) is 4.39 Å². The van der Waals surface area contributed by atoms with E-state index in [1.165, 1.54) is 10.9 Å². The molecule has 1 heterocycles. The minimum Gasteiger partial charge on any atom is -0.496 e. The van der Waals surface area contributed by atoms with Crippen molar-refractivity contribution in [1.29, 1.82) is 0 Å². The first kappa shape index (κ1) is 15.5. The molecule has 1 atom stereocenters. The van der Waals surface area contributed by atoms with Crippen LogP contribution in [0.5, 0.6) is 5.75 Å². The van der Waals surface area contributed by atoms with Crippen molar-refractivity contribution in [3.63, 3.8) is 0 Å². The highest BCUT2D eigenvalue weighted by atomic mass is 79.9. The Morgan fingerprint density at radius 2 is 2.15 bits per heavy atom. The molecule has 1 aromatic heterocycles. The molecule has 1 unspecified atom stereocenters. The Bertz CT molecular complexity index is 573. The molecule has 0 saturated carbocycles. The van der Waals surface area contributed by atoms with Crippen LogP contribution in [0.15, 0.2) is 34.1 Å². The van der Waals surface area contributed by atoms with Gasteiger partial charge in [-0.1, -0.05) is 13.0 Å². The van der Waals surface area contributed by atoms with Crippen LogP contribution in [-0.4, -0.2) is 13.7 Å². The third-order valence-electron chi connectivity index (χ3n) is 3.07. The van der Waals surface area contributed by atoms with Crippen LogP contribution in [0.3, 0.4) is 0 Å². The van der Waals surface area contributed by atoms with Crippen LogP contribution in [0.25, 0.3) is 0 Å². The molecule has 108 valence electrons. The van der Waals surface area contributed by atoms with Crippen molar-refractivity contribution in [3.05, 3.63) is 50.4 Å². The number of nitrogens with one attached hydrogen (secondary N) is 1. The van der Waals surface area contributed by atoms with E-state index in [-0.39, 0.29) is 11.9 Å². The fourth-order valence-electron chi connectivity index (χ4n) is 2.22. The molecule has 2 rings (SSSR count). The quantitative estimate of drug-likeness (QED) is 0.818. The Morgan fingerprint density at radius 1 is 1.35 bits per heavy atom. The Kier molecular flexibility index (Phi) is 5.57. The Labute approximate surface area is 131 Å². The highest BCUT2D eigenvalue weighted by Gasteiger charge is 2.20. The van der Waals surface area contributed by atoms with Gasteiger partial charge in [0.05, 0.1) is 10.9 Å². The monoisotopic (exact) mass is 357 g/mol. The highest BCUT2D eigenvalue weighted by Crippen LogP contribution is 2.32. The third-order valence-corrected chi connectivity index (χ3v) is 4.71. The number of halogens is 2. The van der Waals surface area contributed by atoms with Crippen LogP contribution in [0.2, 0.25) is 0 Å². The molecule has 2 nitrogen and oxygen atoms in total. The molecule has 0 fully saturated rings. The van der Waals surface area contributed by atoms with E-state index in [0.29, 0.717) is 11.3 Å². The maximum absolute atomic E-state index is 14.2. The molecule has 1 aromatic carbocycles. The summed E-state index contributed by atoms with van der Waals surface area (Å²) in [6.07, 6.45) is 0.738. The van der Waals surface area contributed by atoms with Gasteiger partial charge in [-0.3, -0.25) is 0 Å². The molecule has 0 aliphatic heterocycles. The number of benzene rings is 1. The topological polar surface area (TPSA) is 21.3 Å². The summed E-state index contributed by atoms with van der Waals surface area (Å²) in [5.41, 5.74) is 0.598. The van der Waals surface area contributed by atoms with Crippen LogP contribution < -0.4 is 10.1 Å². The van der Waals surface area contributed by atoms with E-state index in [2.05, 4.69) is 27.3 Å². The summed E-state index contributed by atoms with van der Waals surface area (Å²) in [6, 6.07) is 8.93. The minimum atomic E-state index is -0.231. The molecule has 0 spiro atoms. The first-order valence-corrected chi connectivity index (χ1v) is 8.06. The van der Waals surface area contributed by atoms with Gasteiger partial charge in [-0.05, 0) is 46.7 Å². The summed E-state index contributed by atoms with van der Waals surface area (Å²) in [6.45, 7) is 2.79. The van der Waals surface area contributed by atoms with Crippen molar-refractivity contribution in [2.24, 2.45) is 0 Å². The van der Waals surface area contributed by atoms with E-state index in [1.54, 1.807) is 30.6 Å². The number of likely N-dealkylation sites (N-methyl/N-ethyl adjacent to an activating group) is 1. The Hall–Kier alpha value is -0.910. The van der Waals surface area contributed by atoms with Crippen LogP contribution in [-0.2, 0) is 6.42 Å². The molecule has 20 heavy (non-hydrogen) atoms. The normalized spacial score (nSPS) is 12.4. The Morgan fingerprint density at radius 3 is 2.75 bits per heavy atom. The second kappa shape index (κ2) is 7.20. The van der Waals surface area contributed by atoms with E-state index >= 15 is 0 Å². The third kappa shape index (κ3) is 3.59. The van der Waals surface area contributed by atoms with Crippen molar-refractivity contribution >= 4 is 27.3 Å². The summed E-state index contributed by atoms with van der Waals surface area (Å²) < 4.78 is 20.6. The van der Waals surface area contributed by atoms with Crippen molar-refractivity contribution in [1.82, 2.24) is 5.32 Å². The molecular weight excluding hydrogens is 341 g/mol. The van der Waals surface area contributed by atoms with Crippen molar-refractivity contribution in [3.8, 4) is 5.75 Å². The number of thiophene rings is 1. The van der Waals surface area contributed by atoms with Gasteiger partial charge in [-0.2, -0.15) is 0 Å². The molecule has 1 N–H and O–H groups in total. The van der Waals surface area contributed by atoms with Crippen molar-refractivity contribution in [2.75, 3.05) is 13.7 Å². The van der Waals surface area contributed by atoms with Gasteiger partial charge < -0.3 is 10.1 Å². The maximum Gasteiger partial charge on any atom is 0.131 e. The lowest BCUT2D eigenvalue weighted by Gasteiger charge is -2.20. The number of hydrogen-bond acceptors (Lipinski definition) is 3. The summed E-state index contributed by atoms with van der Waals surface area (Å²) in [4.78, 5) is 1.20. The molecule has 0 aliphatic carbocycles. The number of hydrogen-bond donors (Lipinski definition) is 1. The number of ether oxygens (including phenoxy) is 1. The molecule has 0 radical (unpaired) electrons. The fourth-order valence-corrected chi connectivity index (χ4v) is 3.75. The summed E-state index contributed by atoms with van der Waals surface area (Å²) >= 11 is 5.13. The molecule has 0 aliphatic rings. The van der Waals surface area contributed by atoms with E-state index in [1.807, 2.05) is 13.0 Å². The summed E-state index contributed by atoms with van der Waals surface area (Å²) in [5.74, 6) is 0.359. The number of methoxy groups -OCH3 is 1. The lowest BCUT2D eigenvalue weighted by molar-refractivity contribution is 0.391. The predicted octanol–water partition coefficient (Wildman–Crippen LogP) is 4.55. The van der Waals surface area contributed by atoms with Gasteiger partial charge in [0.25, 0.3) is 0 Å². The Balaban J connectivity index is 2.33. The average Bonchev–Trinajstić information content (AvgIpc) is 2.83. The van der Waals surface area contributed by atoms with E-state index in [4.69, 9.17) is 4.74 Å². The number of rotatable bonds is 6. The van der Waals surface area contributed by atoms with Crippen molar-refractivity contribution in [2.45, 2.75) is 19.4 Å². The van der Waals surface area contributed by atoms with Gasteiger partial charge >= 0.3 is 0 Å². The zero-order chi connectivity index (χ0) is 14.5. The molecule has 0 bridgehead atoms. The fraction of sp³-hybridized carbons (Fsp3) is 0.333. The van der Waals surface area contributed by atoms with E-state index in [0.717, 1.165) is 16.8 Å². The van der Waals surface area contributed by atoms with E-state index < -0.39 is 0 Å². The van der Waals surface area contributed by atoms with Crippen molar-refractivity contribution < 1.29 is 9.13 Å². The van der Waals surface area contributed by atoms with Gasteiger partial charge in [0, 0.05) is 22.9 Å². The van der Waals surface area contributed by atoms with Crippen LogP contribution in [0.4, 0.5) is 4.39 Å². The van der Waals surface area contributed by atoms with Crippen LogP contribution in [0.1, 0.15) is 23.4 Å². The van der Waals surface area contributed by atoms with Gasteiger partial charge in [0.2, 0.25) is 0 Å². The second-order valence-electron chi connectivity index (χ2n) is 4.38. The molecular formula is C15H17BrFNOS. The minimum absolute atomic E-state index is 0.0956. The van der Waals surface area contributed by atoms with E-state index in [9.17, 15) is 4.39 Å². The SMILES string of the molecule is CCNC(Cc1ccc(Br)s1)c1c(F)cccc1OC. The van der Waals surface area contributed by atoms with Gasteiger partial charge in [-0.15, -0.1) is 11.3 Å². The zero-order valence-corrected chi connectivity index (χ0v) is 13.9. The van der Waals surface area contributed by atoms with Crippen LogP contribution in [0, 0.1) is 5.82 Å². The first-order chi connectivity index (χ1) is 9.65. The molecule has 2 aromatic rings. The summed E-state index contributed by atoms with van der Waals surface area (Å²) in [5, 5.41) is 3.34. The lowest BCUT2D eigenvalue weighted by Crippen LogP contribution is -2.24. The predicted molar refractivity (Wildman–Crippen MR) is 85.1 cm³/mol. The standard InChI is InChI=1S/C15H17BrFNOS/c1-3-18-12(9-10-7-8-14(16)20-10)15-11(17)5-4-6-13(15)19-2/h4-8,12,18H,3,9H2,1-2H3. The highest BCUT2D eigenvalue weighted by molar-refractivity contribution is 9.11. The second-order valence-corrected chi connectivity index (χ2v) is 6.92. The summed E-state index contributed by atoms with van der Waals surface area (Å²) in [7, 11) is 1.57. The molecule has 0 saturated heterocycles. The first-order valence-electron chi connectivity index (χ1n) is 6.45. The zero-order valence-electron chi connectivity index (χ0n) is 11.5. The molecule has 0 amide bonds. The lowest BCUT2D eigenvalue weighted by atomic mass is 10.0. The smallest absolute Gasteiger partial charge is 0.131 e. The van der Waals surface area contributed by atoms with Gasteiger partial charge in [0.1, 0.15) is 11.6 Å². The average molecular weight is 358 g/mol. The molecule has 5 heteroatoms. The maximum atomic E-state index is 14.2.